The fourth-order valence-electron chi connectivity index (χ4n) is 0.662. The van der Waals surface area contributed by atoms with Gasteiger partial charge in [-0.2, -0.15) is 0 Å². The quantitative estimate of drug-likeness (QED) is 0.461. The smallest absolute Gasteiger partial charge is 0.258 e. The third-order valence-corrected chi connectivity index (χ3v) is 1.17. The van der Waals surface area contributed by atoms with Gasteiger partial charge in [-0.05, 0) is 19.4 Å². The first-order chi connectivity index (χ1) is 7.02. The Kier molecular flexibility index (Phi) is 0.945. The molecule has 0 N–H and O–H groups in total. The van der Waals surface area contributed by atoms with Crippen LogP contribution in [0, 0.1) is 23.9 Å². The standard InChI is InChI=1S/C8H9NO2/c1-6-3-4-7(2)8(5-6)9(10)11/h3-5H,1-2H3/i1D,2D,4D,5D. The second-order valence-corrected chi connectivity index (χ2v) is 2.02. The summed E-state index contributed by atoms with van der Waals surface area (Å²) in [4.78, 5) is 9.92. The van der Waals surface area contributed by atoms with E-state index < -0.39 is 17.5 Å². The van der Waals surface area contributed by atoms with Gasteiger partial charge in [0, 0.05) is 14.3 Å². The maximum Gasteiger partial charge on any atom is 0.272 e. The summed E-state index contributed by atoms with van der Waals surface area (Å²) in [6.45, 7) is -0.677. The van der Waals surface area contributed by atoms with E-state index in [2.05, 4.69) is 0 Å². The molecule has 0 saturated carbocycles. The fraction of sp³-hybridized carbons (Fsp3) is 0.250. The van der Waals surface area contributed by atoms with Gasteiger partial charge >= 0.3 is 0 Å². The molecular weight excluding hydrogens is 142 g/mol. The second-order valence-electron chi connectivity index (χ2n) is 2.02. The van der Waals surface area contributed by atoms with E-state index in [-0.39, 0.29) is 30.1 Å². The van der Waals surface area contributed by atoms with Crippen molar-refractivity contribution in [3.63, 3.8) is 0 Å². The zero-order chi connectivity index (χ0) is 11.6. The zero-order valence-electron chi connectivity index (χ0n) is 9.76. The lowest BCUT2D eigenvalue weighted by atomic mass is 10.1. The molecule has 0 amide bonds. The van der Waals surface area contributed by atoms with Crippen molar-refractivity contribution in [2.45, 2.75) is 13.8 Å². The lowest BCUT2D eigenvalue weighted by Gasteiger charge is -1.96. The first-order valence-electron chi connectivity index (χ1n) is 5.29. The molecule has 0 radical (unpaired) electrons. The number of rotatable bonds is 1. The molecule has 0 heterocycles. The summed E-state index contributed by atoms with van der Waals surface area (Å²) in [6, 6.07) is 0.745. The SMILES string of the molecule is [2H]Cc1cc([2H])c(C[2H])c([N+](=O)[O-])c1[2H]. The summed E-state index contributed by atoms with van der Waals surface area (Å²) in [5.41, 5.74) is -0.439. The summed E-state index contributed by atoms with van der Waals surface area (Å²) in [5, 5.41) is 10.7. The van der Waals surface area contributed by atoms with Crippen molar-refractivity contribution in [1.82, 2.24) is 0 Å². The molecule has 0 saturated heterocycles. The number of hydrogen-bond donors (Lipinski definition) is 0. The van der Waals surface area contributed by atoms with Crippen LogP contribution in [0.5, 0.6) is 0 Å². The lowest BCUT2D eigenvalue weighted by Crippen LogP contribution is -1.91. The van der Waals surface area contributed by atoms with E-state index in [1.54, 1.807) is 0 Å². The van der Waals surface area contributed by atoms with Crippen LogP contribution in [0.2, 0.25) is 0 Å². The predicted molar refractivity (Wildman–Crippen MR) is 42.6 cm³/mol. The van der Waals surface area contributed by atoms with Crippen LogP contribution in [0.15, 0.2) is 18.2 Å². The van der Waals surface area contributed by atoms with Gasteiger partial charge in [-0.1, -0.05) is 12.1 Å². The average Bonchev–Trinajstić information content (AvgIpc) is 2.19. The Labute approximate surface area is 70.4 Å². The Balaban J connectivity index is 3.55. The van der Waals surface area contributed by atoms with Gasteiger partial charge in [-0.3, -0.25) is 10.1 Å². The Morgan fingerprint density at radius 3 is 3.09 bits per heavy atom. The molecule has 0 aromatic heterocycles. The maximum atomic E-state index is 10.7. The van der Waals surface area contributed by atoms with Crippen LogP contribution in [-0.4, -0.2) is 4.92 Å². The van der Waals surface area contributed by atoms with Gasteiger partial charge < -0.3 is 0 Å². The number of nitrogens with zero attached hydrogens (tertiary/aromatic N) is 1. The minimum absolute atomic E-state index is 0.0674. The molecule has 0 atom stereocenters. The summed E-state index contributed by atoms with van der Waals surface area (Å²) < 4.78 is 29.1. The van der Waals surface area contributed by atoms with E-state index >= 15 is 0 Å². The second kappa shape index (κ2) is 2.70. The first kappa shape index (κ1) is 3.85. The minimum Gasteiger partial charge on any atom is -0.258 e. The van der Waals surface area contributed by atoms with Crippen molar-refractivity contribution in [3.05, 3.63) is 39.4 Å². The Bertz CT molecular complexity index is 408. The molecule has 0 aliphatic carbocycles. The molecule has 3 nitrogen and oxygen atoms in total. The molecule has 0 unspecified atom stereocenters. The average molecular weight is 155 g/mol. The summed E-state index contributed by atoms with van der Waals surface area (Å²) >= 11 is 0. The predicted octanol–water partition coefficient (Wildman–Crippen LogP) is 2.21. The third-order valence-electron chi connectivity index (χ3n) is 1.17. The van der Waals surface area contributed by atoms with Gasteiger partial charge in [0.25, 0.3) is 5.69 Å². The van der Waals surface area contributed by atoms with Crippen molar-refractivity contribution in [3.8, 4) is 0 Å². The number of aryl methyl sites for hydroxylation is 1. The van der Waals surface area contributed by atoms with Crippen molar-refractivity contribution in [1.29, 1.82) is 0 Å². The summed E-state index contributed by atoms with van der Waals surface area (Å²) in [5.74, 6) is 0. The van der Waals surface area contributed by atoms with Gasteiger partial charge in [0.2, 0.25) is 0 Å². The molecule has 0 aliphatic heterocycles. The molecule has 3 heteroatoms. The van der Waals surface area contributed by atoms with Crippen LogP contribution in [0.1, 0.15) is 16.6 Å². The van der Waals surface area contributed by atoms with E-state index in [1.807, 2.05) is 0 Å². The van der Waals surface area contributed by atoms with E-state index in [0.29, 0.717) is 0 Å². The largest absolute Gasteiger partial charge is 0.272 e. The van der Waals surface area contributed by atoms with Crippen LogP contribution in [0.3, 0.4) is 0 Å². The van der Waals surface area contributed by atoms with Crippen molar-refractivity contribution in [2.75, 3.05) is 0 Å². The maximum absolute atomic E-state index is 10.7. The Morgan fingerprint density at radius 1 is 1.73 bits per heavy atom. The van der Waals surface area contributed by atoms with Gasteiger partial charge in [0.05, 0.1) is 7.66 Å². The van der Waals surface area contributed by atoms with Gasteiger partial charge in [-0.25, -0.2) is 0 Å². The molecule has 0 spiro atoms. The van der Waals surface area contributed by atoms with Gasteiger partial charge in [-0.15, -0.1) is 0 Å². The molecule has 0 fully saturated rings. The van der Waals surface area contributed by atoms with Crippen molar-refractivity contribution < 1.29 is 10.4 Å². The summed E-state index contributed by atoms with van der Waals surface area (Å²) in [7, 11) is 0. The van der Waals surface area contributed by atoms with E-state index in [1.165, 1.54) is 6.07 Å². The highest BCUT2D eigenvalue weighted by Crippen LogP contribution is 2.18. The van der Waals surface area contributed by atoms with Crippen LogP contribution < -0.4 is 0 Å². The summed E-state index contributed by atoms with van der Waals surface area (Å²) in [6.07, 6.45) is 0. The lowest BCUT2D eigenvalue weighted by molar-refractivity contribution is -0.385. The molecule has 11 heavy (non-hydrogen) atoms. The topological polar surface area (TPSA) is 43.1 Å². The highest BCUT2D eigenvalue weighted by Gasteiger charge is 2.08. The molecule has 1 rings (SSSR count). The monoisotopic (exact) mass is 155 g/mol. The molecule has 1 aromatic carbocycles. The van der Waals surface area contributed by atoms with Crippen LogP contribution in [0.4, 0.5) is 5.69 Å². The zero-order valence-corrected chi connectivity index (χ0v) is 5.76. The van der Waals surface area contributed by atoms with Crippen LogP contribution in [-0.2, 0) is 0 Å². The normalized spacial score (nSPS) is 14.5. The van der Waals surface area contributed by atoms with Crippen molar-refractivity contribution in [2.24, 2.45) is 0 Å². The molecule has 0 bridgehead atoms. The number of nitro benzene ring substituents is 1. The molecular formula is C8H9NO2. The van der Waals surface area contributed by atoms with Crippen molar-refractivity contribution >= 4 is 5.69 Å². The minimum atomic E-state index is -0.761. The van der Waals surface area contributed by atoms with Crippen LogP contribution in [0.25, 0.3) is 0 Å². The number of nitro groups is 1. The number of benzene rings is 1. The highest BCUT2D eigenvalue weighted by molar-refractivity contribution is 5.41. The van der Waals surface area contributed by atoms with E-state index in [9.17, 15) is 10.1 Å². The molecule has 1 aromatic rings. The molecule has 0 aliphatic rings. The van der Waals surface area contributed by atoms with E-state index in [0.717, 1.165) is 0 Å². The van der Waals surface area contributed by atoms with Gasteiger partial charge in [0.1, 0.15) is 0 Å². The third kappa shape index (κ3) is 1.55. The number of hydrogen-bond acceptors (Lipinski definition) is 2. The fourth-order valence-corrected chi connectivity index (χ4v) is 0.662. The van der Waals surface area contributed by atoms with Crippen LogP contribution >= 0.6 is 0 Å². The first-order valence-corrected chi connectivity index (χ1v) is 2.87. The Hall–Kier alpha value is -1.38. The van der Waals surface area contributed by atoms with Gasteiger partial charge in [0.15, 0.2) is 0 Å². The Morgan fingerprint density at radius 2 is 2.55 bits per heavy atom. The van der Waals surface area contributed by atoms with E-state index in [4.69, 9.17) is 5.48 Å². The highest BCUT2D eigenvalue weighted by atomic mass is 16.6. The molecule has 58 valence electrons.